The molecular weight excluding hydrogens is 368 g/mol. The van der Waals surface area contributed by atoms with E-state index < -0.39 is 0 Å². The number of hydrogen-bond acceptors (Lipinski definition) is 3. The molecule has 0 bridgehead atoms. The van der Waals surface area contributed by atoms with Gasteiger partial charge in [0, 0.05) is 27.7 Å². The van der Waals surface area contributed by atoms with Crippen molar-refractivity contribution in [3.63, 3.8) is 0 Å². The molecule has 4 nitrogen and oxygen atoms in total. The number of nitrogens with zero attached hydrogens (tertiary/aromatic N) is 1. The highest BCUT2D eigenvalue weighted by atomic mass is 79.9. The second-order valence-corrected chi connectivity index (χ2v) is 6.00. The molecule has 2 aromatic carbocycles. The van der Waals surface area contributed by atoms with E-state index >= 15 is 0 Å². The molecule has 1 amide bonds. The Labute approximate surface area is 148 Å². The minimum absolute atomic E-state index is 0.214. The topological polar surface area (TPSA) is 51.2 Å². The van der Waals surface area contributed by atoms with Gasteiger partial charge in [0.1, 0.15) is 5.75 Å². The van der Waals surface area contributed by atoms with Crippen LogP contribution in [0.4, 0.5) is 5.69 Å². The summed E-state index contributed by atoms with van der Waals surface area (Å²) in [5, 5.41) is 3.79. The summed E-state index contributed by atoms with van der Waals surface area (Å²) in [5.74, 6) is 0.491. The van der Waals surface area contributed by atoms with Crippen molar-refractivity contribution < 1.29 is 9.53 Å². The Morgan fingerprint density at radius 2 is 2.08 bits per heavy atom. The third kappa shape index (κ3) is 3.63. The van der Waals surface area contributed by atoms with Gasteiger partial charge in [0.2, 0.25) is 5.91 Å². The zero-order chi connectivity index (χ0) is 16.9. The average Bonchev–Trinajstić information content (AvgIpc) is 2.60. The SMILES string of the molecule is COc1ccc(Br)cc1C=CC(=O)Nc1cccc2ncccc12. The van der Waals surface area contributed by atoms with E-state index in [1.165, 1.54) is 6.08 Å². The van der Waals surface area contributed by atoms with E-state index in [4.69, 9.17) is 4.74 Å². The molecule has 0 atom stereocenters. The average molecular weight is 383 g/mol. The maximum Gasteiger partial charge on any atom is 0.248 e. The molecule has 1 aromatic heterocycles. The minimum Gasteiger partial charge on any atom is -0.496 e. The second-order valence-electron chi connectivity index (χ2n) is 5.08. The van der Waals surface area contributed by atoms with Crippen molar-refractivity contribution >= 4 is 44.5 Å². The number of amides is 1. The lowest BCUT2D eigenvalue weighted by molar-refractivity contribution is -0.111. The molecule has 0 saturated carbocycles. The van der Waals surface area contributed by atoms with Gasteiger partial charge in [-0.15, -0.1) is 0 Å². The number of rotatable bonds is 4. The van der Waals surface area contributed by atoms with Crippen LogP contribution in [0.5, 0.6) is 5.75 Å². The molecule has 0 unspecified atom stereocenters. The summed E-state index contributed by atoms with van der Waals surface area (Å²) in [7, 11) is 1.60. The fraction of sp³-hybridized carbons (Fsp3) is 0.0526. The van der Waals surface area contributed by atoms with Crippen LogP contribution in [-0.4, -0.2) is 18.0 Å². The fourth-order valence-corrected chi connectivity index (χ4v) is 2.77. The summed E-state index contributed by atoms with van der Waals surface area (Å²) in [6.07, 6.45) is 4.94. The molecule has 1 heterocycles. The lowest BCUT2D eigenvalue weighted by atomic mass is 10.1. The number of pyridine rings is 1. The van der Waals surface area contributed by atoms with Gasteiger partial charge in [0.05, 0.1) is 18.3 Å². The summed E-state index contributed by atoms with van der Waals surface area (Å²) in [5.41, 5.74) is 2.39. The molecule has 5 heteroatoms. The van der Waals surface area contributed by atoms with Crippen molar-refractivity contribution in [2.75, 3.05) is 12.4 Å². The molecule has 120 valence electrons. The number of carbonyl (C=O) groups is 1. The zero-order valence-corrected chi connectivity index (χ0v) is 14.6. The summed E-state index contributed by atoms with van der Waals surface area (Å²) >= 11 is 3.42. The molecule has 0 fully saturated rings. The van der Waals surface area contributed by atoms with Crippen molar-refractivity contribution in [2.45, 2.75) is 0 Å². The van der Waals surface area contributed by atoms with E-state index in [0.29, 0.717) is 5.75 Å². The van der Waals surface area contributed by atoms with E-state index in [1.54, 1.807) is 19.4 Å². The lowest BCUT2D eigenvalue weighted by Gasteiger charge is -2.07. The predicted molar refractivity (Wildman–Crippen MR) is 100 cm³/mol. The standard InChI is InChI=1S/C19H15BrN2O2/c1-24-18-9-8-14(20)12-13(18)7-10-19(23)22-17-6-2-5-16-15(17)4-3-11-21-16/h2-12H,1H3,(H,22,23). The number of methoxy groups -OCH3 is 1. The van der Waals surface area contributed by atoms with Crippen molar-refractivity contribution in [2.24, 2.45) is 0 Å². The maximum atomic E-state index is 12.2. The van der Waals surface area contributed by atoms with Gasteiger partial charge < -0.3 is 10.1 Å². The van der Waals surface area contributed by atoms with Crippen molar-refractivity contribution in [1.29, 1.82) is 0 Å². The lowest BCUT2D eigenvalue weighted by Crippen LogP contribution is -2.08. The van der Waals surface area contributed by atoms with Crippen LogP contribution in [-0.2, 0) is 4.79 Å². The Kier molecular flexibility index (Phi) is 4.91. The van der Waals surface area contributed by atoms with Gasteiger partial charge in [0.15, 0.2) is 0 Å². The Hall–Kier alpha value is -2.66. The van der Waals surface area contributed by atoms with Gasteiger partial charge in [-0.3, -0.25) is 9.78 Å². The van der Waals surface area contributed by atoms with Crippen LogP contribution in [0, 0.1) is 0 Å². The van der Waals surface area contributed by atoms with Crippen LogP contribution in [0.25, 0.3) is 17.0 Å². The smallest absolute Gasteiger partial charge is 0.248 e. The van der Waals surface area contributed by atoms with Gasteiger partial charge in [-0.1, -0.05) is 22.0 Å². The quantitative estimate of drug-likeness (QED) is 0.667. The van der Waals surface area contributed by atoms with Crippen LogP contribution in [0.2, 0.25) is 0 Å². The second kappa shape index (κ2) is 7.27. The zero-order valence-electron chi connectivity index (χ0n) is 13.0. The maximum absolute atomic E-state index is 12.2. The highest BCUT2D eigenvalue weighted by molar-refractivity contribution is 9.10. The molecule has 0 radical (unpaired) electrons. The highest BCUT2D eigenvalue weighted by Gasteiger charge is 2.05. The predicted octanol–water partition coefficient (Wildman–Crippen LogP) is 4.66. The first kappa shape index (κ1) is 16.2. The van der Waals surface area contributed by atoms with Crippen molar-refractivity contribution in [3.8, 4) is 5.75 Å². The molecule has 0 aliphatic rings. The van der Waals surface area contributed by atoms with Crippen molar-refractivity contribution in [3.05, 3.63) is 70.8 Å². The molecule has 0 aliphatic heterocycles. The number of nitrogens with one attached hydrogen (secondary N) is 1. The first-order chi connectivity index (χ1) is 11.7. The molecule has 0 spiro atoms. The number of anilines is 1. The van der Waals surface area contributed by atoms with Crippen LogP contribution in [0.15, 0.2) is 65.3 Å². The summed E-state index contributed by atoms with van der Waals surface area (Å²) < 4.78 is 6.22. The van der Waals surface area contributed by atoms with Gasteiger partial charge >= 0.3 is 0 Å². The number of aromatic nitrogens is 1. The minimum atomic E-state index is -0.214. The third-order valence-electron chi connectivity index (χ3n) is 3.51. The Balaban J connectivity index is 1.82. The Morgan fingerprint density at radius 1 is 1.21 bits per heavy atom. The van der Waals surface area contributed by atoms with E-state index in [0.717, 1.165) is 26.6 Å². The van der Waals surface area contributed by atoms with Gasteiger partial charge in [-0.2, -0.15) is 0 Å². The molecule has 1 N–H and O–H groups in total. The van der Waals surface area contributed by atoms with Gasteiger partial charge in [-0.05, 0) is 48.5 Å². The molecule has 3 rings (SSSR count). The largest absolute Gasteiger partial charge is 0.496 e. The molecule has 24 heavy (non-hydrogen) atoms. The number of fused-ring (bicyclic) bond motifs is 1. The first-order valence-electron chi connectivity index (χ1n) is 7.34. The highest BCUT2D eigenvalue weighted by Crippen LogP contribution is 2.24. The van der Waals surface area contributed by atoms with E-state index in [1.807, 2.05) is 48.5 Å². The Morgan fingerprint density at radius 3 is 2.92 bits per heavy atom. The molecule has 0 aliphatic carbocycles. The number of ether oxygens (including phenoxy) is 1. The summed E-state index contributed by atoms with van der Waals surface area (Å²) in [6.45, 7) is 0. The van der Waals surface area contributed by atoms with Gasteiger partial charge in [0.25, 0.3) is 0 Å². The number of halogens is 1. The molecular formula is C19H15BrN2O2. The van der Waals surface area contributed by atoms with Crippen molar-refractivity contribution in [1.82, 2.24) is 4.98 Å². The number of benzene rings is 2. The van der Waals surface area contributed by atoms with Crippen LogP contribution >= 0.6 is 15.9 Å². The molecule has 0 saturated heterocycles. The van der Waals surface area contributed by atoms with Crippen LogP contribution < -0.4 is 10.1 Å². The Bertz CT molecular complexity index is 917. The van der Waals surface area contributed by atoms with Crippen LogP contribution in [0.1, 0.15) is 5.56 Å². The monoisotopic (exact) mass is 382 g/mol. The summed E-state index contributed by atoms with van der Waals surface area (Å²) in [4.78, 5) is 16.5. The fourth-order valence-electron chi connectivity index (χ4n) is 2.39. The number of hydrogen-bond donors (Lipinski definition) is 1. The van der Waals surface area contributed by atoms with E-state index in [2.05, 4.69) is 26.2 Å². The normalized spacial score (nSPS) is 10.9. The van der Waals surface area contributed by atoms with E-state index in [-0.39, 0.29) is 5.91 Å². The third-order valence-corrected chi connectivity index (χ3v) is 4.00. The van der Waals surface area contributed by atoms with E-state index in [9.17, 15) is 4.79 Å². The number of carbonyl (C=O) groups excluding carboxylic acids is 1. The van der Waals surface area contributed by atoms with Crippen LogP contribution in [0.3, 0.4) is 0 Å². The van der Waals surface area contributed by atoms with Gasteiger partial charge in [-0.25, -0.2) is 0 Å². The summed E-state index contributed by atoms with van der Waals surface area (Å²) in [6, 6.07) is 15.0. The first-order valence-corrected chi connectivity index (χ1v) is 8.13. The molecule has 3 aromatic rings.